The van der Waals surface area contributed by atoms with Crippen molar-refractivity contribution in [3.63, 3.8) is 0 Å². The van der Waals surface area contributed by atoms with Crippen LogP contribution in [-0.2, 0) is 19.1 Å². The molecular weight excluding hydrogens is 380 g/mol. The van der Waals surface area contributed by atoms with Crippen LogP contribution in [0.2, 0.25) is 0 Å². The molecule has 0 unspecified atom stereocenters. The van der Waals surface area contributed by atoms with Gasteiger partial charge >= 0.3 is 11.9 Å². The number of aliphatic hydroxyl groups is 1. The Morgan fingerprint density at radius 3 is 1.50 bits per heavy atom. The van der Waals surface area contributed by atoms with E-state index in [2.05, 4.69) is 20.8 Å². The lowest BCUT2D eigenvalue weighted by molar-refractivity contribution is -0.152. The molecule has 0 aromatic carbocycles. The van der Waals surface area contributed by atoms with Gasteiger partial charge in [0.2, 0.25) is 0 Å². The smallest absolute Gasteiger partial charge is 0.305 e. The van der Waals surface area contributed by atoms with Crippen LogP contribution in [0.25, 0.3) is 0 Å². The number of unbranched alkanes of at least 4 members (excludes halogenated alkanes) is 11. The highest BCUT2D eigenvalue weighted by atomic mass is 16.6. The van der Waals surface area contributed by atoms with Crippen LogP contribution in [0.15, 0.2) is 0 Å². The second-order valence-electron chi connectivity index (χ2n) is 8.95. The number of rotatable bonds is 21. The summed E-state index contributed by atoms with van der Waals surface area (Å²) in [6, 6.07) is 0. The summed E-state index contributed by atoms with van der Waals surface area (Å²) in [5.74, 6) is 0.203. The van der Waals surface area contributed by atoms with E-state index in [1.165, 1.54) is 51.4 Å². The fourth-order valence-corrected chi connectivity index (χ4v) is 3.33. The van der Waals surface area contributed by atoms with Crippen molar-refractivity contribution < 1.29 is 24.2 Å². The molecule has 0 heterocycles. The van der Waals surface area contributed by atoms with Gasteiger partial charge in [-0.1, -0.05) is 97.8 Å². The molecule has 0 bridgehead atoms. The first-order valence-electron chi connectivity index (χ1n) is 12.4. The number of aliphatic hydroxyl groups excluding tert-OH is 1. The molecule has 0 saturated carbocycles. The minimum Gasteiger partial charge on any atom is -0.463 e. The van der Waals surface area contributed by atoms with Gasteiger partial charge in [-0.3, -0.25) is 9.59 Å². The molecule has 0 amide bonds. The van der Waals surface area contributed by atoms with Crippen LogP contribution in [0, 0.1) is 5.92 Å². The van der Waals surface area contributed by atoms with E-state index in [9.17, 15) is 14.7 Å². The van der Waals surface area contributed by atoms with Gasteiger partial charge in [0.1, 0.15) is 19.3 Å². The zero-order valence-corrected chi connectivity index (χ0v) is 20.0. The molecule has 0 aromatic heterocycles. The third-order valence-corrected chi connectivity index (χ3v) is 5.27. The summed E-state index contributed by atoms with van der Waals surface area (Å²) >= 11 is 0. The van der Waals surface area contributed by atoms with E-state index in [1.807, 2.05) is 0 Å². The zero-order chi connectivity index (χ0) is 22.5. The molecule has 0 fully saturated rings. The highest BCUT2D eigenvalue weighted by Gasteiger charge is 2.12. The van der Waals surface area contributed by atoms with E-state index in [0.29, 0.717) is 12.8 Å². The molecule has 0 aliphatic rings. The molecular formula is C25H48O5. The maximum atomic E-state index is 11.7. The first kappa shape index (κ1) is 28.9. The van der Waals surface area contributed by atoms with Crippen LogP contribution in [0.4, 0.5) is 0 Å². The number of hydrogen-bond donors (Lipinski definition) is 1. The van der Waals surface area contributed by atoms with Gasteiger partial charge in [-0.15, -0.1) is 0 Å². The molecule has 0 rings (SSSR count). The third kappa shape index (κ3) is 21.6. The normalized spacial score (nSPS) is 12.2. The first-order chi connectivity index (χ1) is 14.5. The summed E-state index contributed by atoms with van der Waals surface area (Å²) in [5, 5.41) is 9.82. The molecule has 5 heteroatoms. The van der Waals surface area contributed by atoms with Crippen LogP contribution >= 0.6 is 0 Å². The fourth-order valence-electron chi connectivity index (χ4n) is 3.33. The quantitative estimate of drug-likeness (QED) is 0.170. The Morgan fingerprint density at radius 1 is 0.667 bits per heavy atom. The average molecular weight is 429 g/mol. The van der Waals surface area contributed by atoms with Crippen LogP contribution in [0.5, 0.6) is 0 Å². The Bertz CT molecular complexity index is 408. The number of carbonyl (C=O) groups excluding carboxylic acids is 2. The first-order valence-corrected chi connectivity index (χ1v) is 12.4. The Balaban J connectivity index is 3.48. The van der Waals surface area contributed by atoms with Crippen molar-refractivity contribution >= 4 is 11.9 Å². The van der Waals surface area contributed by atoms with Crippen molar-refractivity contribution in [2.24, 2.45) is 5.92 Å². The summed E-state index contributed by atoms with van der Waals surface area (Å²) in [7, 11) is 0. The van der Waals surface area contributed by atoms with Gasteiger partial charge in [0, 0.05) is 12.8 Å². The minimum absolute atomic E-state index is 0.112. The van der Waals surface area contributed by atoms with E-state index in [1.54, 1.807) is 0 Å². The van der Waals surface area contributed by atoms with Crippen molar-refractivity contribution in [3.05, 3.63) is 0 Å². The van der Waals surface area contributed by atoms with Gasteiger partial charge in [-0.05, 0) is 18.8 Å². The lowest BCUT2D eigenvalue weighted by atomic mass is 10.0. The summed E-state index contributed by atoms with van der Waals surface area (Å²) < 4.78 is 10.1. The molecule has 0 saturated heterocycles. The highest BCUT2D eigenvalue weighted by molar-refractivity contribution is 5.69. The maximum absolute atomic E-state index is 11.7. The van der Waals surface area contributed by atoms with Crippen molar-refractivity contribution in [2.75, 3.05) is 13.2 Å². The predicted molar refractivity (Wildman–Crippen MR) is 122 cm³/mol. The molecule has 30 heavy (non-hydrogen) atoms. The lowest BCUT2D eigenvalue weighted by Crippen LogP contribution is -2.25. The monoisotopic (exact) mass is 428 g/mol. The Labute approximate surface area is 185 Å². The molecule has 0 radical (unpaired) electrons. The van der Waals surface area contributed by atoms with Gasteiger partial charge in [0.15, 0.2) is 0 Å². The van der Waals surface area contributed by atoms with E-state index in [-0.39, 0.29) is 25.2 Å². The Kier molecular flexibility index (Phi) is 20.4. The van der Waals surface area contributed by atoms with Crippen molar-refractivity contribution in [1.82, 2.24) is 0 Å². The second kappa shape index (κ2) is 21.1. The largest absolute Gasteiger partial charge is 0.463 e. The molecule has 5 nitrogen and oxygen atoms in total. The molecule has 0 aliphatic heterocycles. The van der Waals surface area contributed by atoms with E-state index >= 15 is 0 Å². The predicted octanol–water partition coefficient (Wildman–Crippen LogP) is 6.35. The second-order valence-corrected chi connectivity index (χ2v) is 8.95. The standard InChI is InChI=1S/C25H48O5/c1-4-5-6-7-8-12-15-18-24(27)29-20-23(26)21-30-25(28)19-16-13-10-9-11-14-17-22(2)3/h22-23,26H,4-21H2,1-3H3/t23-/m1/s1. The van der Waals surface area contributed by atoms with E-state index in [0.717, 1.165) is 44.4 Å². The SMILES string of the molecule is CCCCCCCCCC(=O)OC[C@@H](O)COC(=O)CCCCCCCCC(C)C. The van der Waals surface area contributed by atoms with Crippen molar-refractivity contribution in [1.29, 1.82) is 0 Å². The summed E-state index contributed by atoms with van der Waals surface area (Å²) in [5.41, 5.74) is 0. The van der Waals surface area contributed by atoms with Crippen molar-refractivity contribution in [2.45, 2.75) is 130 Å². The summed E-state index contributed by atoms with van der Waals surface area (Å²) in [6.07, 6.45) is 16.0. The topological polar surface area (TPSA) is 72.8 Å². The van der Waals surface area contributed by atoms with Gasteiger partial charge in [-0.25, -0.2) is 0 Å². The summed E-state index contributed by atoms with van der Waals surface area (Å²) in [6.45, 7) is 6.48. The van der Waals surface area contributed by atoms with Crippen LogP contribution in [-0.4, -0.2) is 36.4 Å². The highest BCUT2D eigenvalue weighted by Crippen LogP contribution is 2.12. The number of esters is 2. The molecule has 0 aromatic rings. The molecule has 178 valence electrons. The fraction of sp³-hybridized carbons (Fsp3) is 0.920. The van der Waals surface area contributed by atoms with E-state index in [4.69, 9.17) is 9.47 Å². The Morgan fingerprint density at radius 2 is 1.07 bits per heavy atom. The van der Waals surface area contributed by atoms with Gasteiger partial charge in [-0.2, -0.15) is 0 Å². The van der Waals surface area contributed by atoms with Gasteiger partial charge in [0.25, 0.3) is 0 Å². The number of ether oxygens (including phenoxy) is 2. The zero-order valence-electron chi connectivity index (χ0n) is 20.0. The lowest BCUT2D eigenvalue weighted by Gasteiger charge is -2.12. The molecule has 1 atom stereocenters. The minimum atomic E-state index is -0.951. The van der Waals surface area contributed by atoms with Gasteiger partial charge in [0.05, 0.1) is 0 Å². The van der Waals surface area contributed by atoms with Crippen LogP contribution in [0.1, 0.15) is 124 Å². The molecule has 0 aliphatic carbocycles. The number of carbonyl (C=O) groups is 2. The average Bonchev–Trinajstić information content (AvgIpc) is 2.71. The Hall–Kier alpha value is -1.10. The van der Waals surface area contributed by atoms with Gasteiger partial charge < -0.3 is 14.6 Å². The summed E-state index contributed by atoms with van der Waals surface area (Å²) in [4.78, 5) is 23.4. The molecule has 0 spiro atoms. The molecule has 1 N–H and O–H groups in total. The van der Waals surface area contributed by atoms with Crippen molar-refractivity contribution in [3.8, 4) is 0 Å². The number of hydrogen-bond acceptors (Lipinski definition) is 5. The van der Waals surface area contributed by atoms with Crippen LogP contribution in [0.3, 0.4) is 0 Å². The maximum Gasteiger partial charge on any atom is 0.305 e. The third-order valence-electron chi connectivity index (χ3n) is 5.27. The van der Waals surface area contributed by atoms with Crippen LogP contribution < -0.4 is 0 Å². The van der Waals surface area contributed by atoms with E-state index < -0.39 is 6.10 Å².